The van der Waals surface area contributed by atoms with Crippen LogP contribution in [-0.2, 0) is 17.8 Å². The van der Waals surface area contributed by atoms with Gasteiger partial charge in [0.05, 0.1) is 37.4 Å². The molecule has 3 heterocycles. The lowest BCUT2D eigenvalue weighted by Gasteiger charge is -2.15. The van der Waals surface area contributed by atoms with Crippen LogP contribution in [0.25, 0.3) is 11.0 Å². The van der Waals surface area contributed by atoms with Crippen molar-refractivity contribution in [2.75, 3.05) is 7.11 Å². The third-order valence-electron chi connectivity index (χ3n) is 4.86. The maximum Gasteiger partial charge on any atom is 0.338 e. The van der Waals surface area contributed by atoms with Crippen molar-refractivity contribution < 1.29 is 13.9 Å². The number of methoxy groups -OCH3 is 1. The number of nitrogens with zero attached hydrogens (tertiary/aromatic N) is 3. The quantitative estimate of drug-likeness (QED) is 0.443. The van der Waals surface area contributed by atoms with Crippen LogP contribution in [0.4, 0.5) is 0 Å². The van der Waals surface area contributed by atoms with Crippen molar-refractivity contribution in [3.05, 3.63) is 97.2 Å². The number of halogens is 1. The van der Waals surface area contributed by atoms with Crippen molar-refractivity contribution in [1.29, 1.82) is 0 Å². The number of carbonyl (C=O) groups is 1. The molecule has 9 heteroatoms. The number of rotatable bonds is 5. The van der Waals surface area contributed by atoms with Gasteiger partial charge in [-0.1, -0.05) is 23.7 Å². The van der Waals surface area contributed by atoms with Gasteiger partial charge in [0.25, 0.3) is 5.56 Å². The molecule has 1 aromatic carbocycles. The summed E-state index contributed by atoms with van der Waals surface area (Å²) in [5.41, 5.74) is 0.117. The molecule has 158 valence electrons. The summed E-state index contributed by atoms with van der Waals surface area (Å²) in [6.45, 7) is 1.71. The molecule has 0 amide bonds. The van der Waals surface area contributed by atoms with Gasteiger partial charge in [-0.3, -0.25) is 13.9 Å². The van der Waals surface area contributed by atoms with Gasteiger partial charge >= 0.3 is 11.7 Å². The Labute approximate surface area is 181 Å². The Bertz CT molecular complexity index is 1390. The average Bonchev–Trinajstić information content (AvgIpc) is 3.27. The van der Waals surface area contributed by atoms with Gasteiger partial charge in [0.1, 0.15) is 5.76 Å². The van der Waals surface area contributed by atoms with Crippen molar-refractivity contribution in [3.8, 4) is 0 Å². The van der Waals surface area contributed by atoms with E-state index in [1.165, 1.54) is 24.0 Å². The van der Waals surface area contributed by atoms with Gasteiger partial charge in [0, 0.05) is 10.7 Å². The minimum atomic E-state index is -0.686. The molecule has 0 aliphatic carbocycles. The first kappa shape index (κ1) is 20.6. The van der Waals surface area contributed by atoms with E-state index >= 15 is 0 Å². The van der Waals surface area contributed by atoms with Gasteiger partial charge in [-0.25, -0.2) is 14.6 Å². The topological polar surface area (TPSA) is 96.3 Å². The molecule has 0 saturated heterocycles. The molecule has 3 aromatic heterocycles. The number of aromatic nitrogens is 3. The Balaban J connectivity index is 2.04. The summed E-state index contributed by atoms with van der Waals surface area (Å²) in [7, 11) is 1.23. The van der Waals surface area contributed by atoms with Gasteiger partial charge in [0.2, 0.25) is 0 Å². The number of benzene rings is 1. The van der Waals surface area contributed by atoms with Crippen LogP contribution in [0.1, 0.15) is 27.4 Å². The zero-order valence-electron chi connectivity index (χ0n) is 16.8. The zero-order valence-corrected chi connectivity index (χ0v) is 17.5. The Morgan fingerprint density at radius 1 is 1.13 bits per heavy atom. The van der Waals surface area contributed by atoms with Gasteiger partial charge in [-0.15, -0.1) is 0 Å². The summed E-state index contributed by atoms with van der Waals surface area (Å²) in [5.74, 6) is -0.183. The minimum Gasteiger partial charge on any atom is -0.467 e. The molecular formula is C22H18ClN3O5. The molecule has 4 aromatic rings. The minimum absolute atomic E-state index is 0.00256. The molecule has 8 nitrogen and oxygen atoms in total. The highest BCUT2D eigenvalue weighted by molar-refractivity contribution is 6.30. The normalized spacial score (nSPS) is 11.1. The van der Waals surface area contributed by atoms with Crippen LogP contribution >= 0.6 is 11.6 Å². The second-order valence-electron chi connectivity index (χ2n) is 6.97. The molecular weight excluding hydrogens is 422 g/mol. The Hall–Kier alpha value is -3.65. The van der Waals surface area contributed by atoms with Crippen LogP contribution in [0.5, 0.6) is 0 Å². The summed E-state index contributed by atoms with van der Waals surface area (Å²) >= 11 is 5.94. The number of fused-ring (bicyclic) bond motifs is 1. The number of hydrogen-bond donors (Lipinski definition) is 0. The highest BCUT2D eigenvalue weighted by Crippen LogP contribution is 2.17. The molecule has 0 aliphatic heterocycles. The fourth-order valence-electron chi connectivity index (χ4n) is 3.40. The number of pyridine rings is 1. The maximum absolute atomic E-state index is 13.4. The van der Waals surface area contributed by atoms with Gasteiger partial charge < -0.3 is 9.15 Å². The maximum atomic E-state index is 13.4. The lowest BCUT2D eigenvalue weighted by atomic mass is 10.1. The van der Waals surface area contributed by atoms with E-state index in [2.05, 4.69) is 4.98 Å². The highest BCUT2D eigenvalue weighted by Gasteiger charge is 2.22. The summed E-state index contributed by atoms with van der Waals surface area (Å²) < 4.78 is 12.6. The van der Waals surface area contributed by atoms with Crippen molar-refractivity contribution in [2.45, 2.75) is 20.0 Å². The molecule has 0 spiro atoms. The molecule has 0 radical (unpaired) electrons. The molecule has 0 unspecified atom stereocenters. The smallest absolute Gasteiger partial charge is 0.338 e. The number of hydrogen-bond acceptors (Lipinski definition) is 6. The van der Waals surface area contributed by atoms with Gasteiger partial charge in [-0.05, 0) is 42.8 Å². The van der Waals surface area contributed by atoms with Crippen LogP contribution < -0.4 is 11.2 Å². The lowest BCUT2D eigenvalue weighted by Crippen LogP contribution is -2.41. The Kier molecular flexibility index (Phi) is 5.48. The fraction of sp³-hybridized carbons (Fsp3) is 0.182. The monoisotopic (exact) mass is 439 g/mol. The van der Waals surface area contributed by atoms with Gasteiger partial charge in [0.15, 0.2) is 5.65 Å². The van der Waals surface area contributed by atoms with E-state index in [0.29, 0.717) is 22.0 Å². The van der Waals surface area contributed by atoms with Gasteiger partial charge in [-0.2, -0.15) is 0 Å². The second kappa shape index (κ2) is 8.23. The number of furan rings is 1. The molecule has 0 fully saturated rings. The zero-order chi connectivity index (χ0) is 22.1. The molecule has 0 atom stereocenters. The van der Waals surface area contributed by atoms with E-state index in [1.807, 2.05) is 0 Å². The molecule has 4 rings (SSSR count). The largest absolute Gasteiger partial charge is 0.467 e. The van der Waals surface area contributed by atoms with Crippen LogP contribution in [0.3, 0.4) is 0 Å². The van der Waals surface area contributed by atoms with Crippen molar-refractivity contribution in [1.82, 2.24) is 14.1 Å². The van der Waals surface area contributed by atoms with Crippen LogP contribution in [0.15, 0.2) is 62.7 Å². The third-order valence-corrected chi connectivity index (χ3v) is 5.11. The van der Waals surface area contributed by atoms with E-state index in [-0.39, 0.29) is 29.7 Å². The van der Waals surface area contributed by atoms with Crippen molar-refractivity contribution in [3.63, 3.8) is 0 Å². The predicted octanol–water partition coefficient (Wildman–Crippen LogP) is 3.00. The highest BCUT2D eigenvalue weighted by atomic mass is 35.5. The van der Waals surface area contributed by atoms with Crippen LogP contribution in [0, 0.1) is 6.92 Å². The summed E-state index contributed by atoms with van der Waals surface area (Å²) in [4.78, 5) is 43.6. The first-order chi connectivity index (χ1) is 14.9. The summed E-state index contributed by atoms with van der Waals surface area (Å²) in [6.07, 6.45) is 1.49. The molecule has 0 N–H and O–H groups in total. The SMILES string of the molecule is COC(=O)c1cc(C)nc2c1c(=O)n(Cc1ccc(Cl)cc1)c(=O)n2Cc1ccco1. The summed E-state index contributed by atoms with van der Waals surface area (Å²) in [6, 6.07) is 11.7. The number of esters is 1. The Morgan fingerprint density at radius 2 is 1.87 bits per heavy atom. The van der Waals surface area contributed by atoms with Crippen LogP contribution in [-0.4, -0.2) is 27.2 Å². The van der Waals surface area contributed by atoms with E-state index in [0.717, 1.165) is 4.57 Å². The molecule has 0 saturated carbocycles. The van der Waals surface area contributed by atoms with E-state index in [9.17, 15) is 14.4 Å². The lowest BCUT2D eigenvalue weighted by molar-refractivity contribution is 0.0602. The first-order valence-corrected chi connectivity index (χ1v) is 9.77. The number of carbonyl (C=O) groups excluding carboxylic acids is 1. The predicted molar refractivity (Wildman–Crippen MR) is 115 cm³/mol. The van der Waals surface area contributed by atoms with Crippen LogP contribution in [0.2, 0.25) is 5.02 Å². The van der Waals surface area contributed by atoms with E-state index in [1.54, 1.807) is 43.3 Å². The van der Waals surface area contributed by atoms with E-state index < -0.39 is 17.2 Å². The van der Waals surface area contributed by atoms with Crippen molar-refractivity contribution in [2.24, 2.45) is 0 Å². The molecule has 31 heavy (non-hydrogen) atoms. The first-order valence-electron chi connectivity index (χ1n) is 9.39. The number of ether oxygens (including phenoxy) is 1. The standard InChI is InChI=1S/C22H18ClN3O5/c1-13-10-17(21(28)30-2)18-19(24-13)25(12-16-4-3-9-31-16)22(29)26(20(18)27)11-14-5-7-15(23)8-6-14/h3-10H,11-12H2,1-2H3. The Morgan fingerprint density at radius 3 is 2.52 bits per heavy atom. The molecule has 0 aliphatic rings. The molecule has 0 bridgehead atoms. The number of aryl methyl sites for hydroxylation is 1. The van der Waals surface area contributed by atoms with Crippen molar-refractivity contribution >= 4 is 28.6 Å². The fourth-order valence-corrected chi connectivity index (χ4v) is 3.53. The average molecular weight is 440 g/mol. The summed E-state index contributed by atoms with van der Waals surface area (Å²) in [5, 5.41) is 0.551. The third kappa shape index (κ3) is 3.89. The van der Waals surface area contributed by atoms with E-state index in [4.69, 9.17) is 20.8 Å². The second-order valence-corrected chi connectivity index (χ2v) is 7.40.